The summed E-state index contributed by atoms with van der Waals surface area (Å²) in [7, 11) is 0. The predicted octanol–water partition coefficient (Wildman–Crippen LogP) is 4.32. The summed E-state index contributed by atoms with van der Waals surface area (Å²) in [5.74, 6) is 0.186. The smallest absolute Gasteiger partial charge is 0.417 e. The van der Waals surface area contributed by atoms with E-state index in [1.54, 1.807) is 36.5 Å². The van der Waals surface area contributed by atoms with E-state index >= 15 is 0 Å². The van der Waals surface area contributed by atoms with Gasteiger partial charge in [-0.25, -0.2) is 14.7 Å². The van der Waals surface area contributed by atoms with E-state index in [0.717, 1.165) is 10.6 Å². The molecule has 3 rings (SSSR count). The summed E-state index contributed by atoms with van der Waals surface area (Å²) in [6, 6.07) is 12.0. The number of amides is 1. The van der Waals surface area contributed by atoms with E-state index in [9.17, 15) is 9.90 Å². The van der Waals surface area contributed by atoms with Crippen LogP contribution in [0, 0.1) is 6.92 Å². The van der Waals surface area contributed by atoms with Gasteiger partial charge in [0.05, 0.1) is 23.8 Å². The average Bonchev–Trinajstić information content (AvgIpc) is 2.57. The highest BCUT2D eigenvalue weighted by atomic mass is 35.5. The van der Waals surface area contributed by atoms with Crippen molar-refractivity contribution in [1.29, 1.82) is 0 Å². The van der Waals surface area contributed by atoms with Crippen molar-refractivity contribution in [3.05, 3.63) is 65.6 Å². The molecule has 2 aromatic heterocycles. The van der Waals surface area contributed by atoms with Crippen LogP contribution in [0.15, 0.2) is 54.9 Å². The topological polar surface area (TPSA) is 79.2 Å². The molecule has 0 aliphatic heterocycles. The molecule has 6 nitrogen and oxygen atoms in total. The third-order valence-electron chi connectivity index (χ3n) is 3.28. The molecule has 0 saturated carbocycles. The van der Waals surface area contributed by atoms with Crippen LogP contribution >= 0.6 is 11.6 Å². The number of carboxylic acid groups (broad SMARTS) is 1. The van der Waals surface area contributed by atoms with E-state index in [4.69, 9.17) is 11.6 Å². The van der Waals surface area contributed by atoms with Gasteiger partial charge in [-0.3, -0.25) is 9.97 Å². The number of carbonyl (C=O) groups is 1. The number of aryl methyl sites for hydroxylation is 1. The van der Waals surface area contributed by atoms with E-state index in [1.807, 2.05) is 19.1 Å². The molecular formula is C17H13ClN4O2. The summed E-state index contributed by atoms with van der Waals surface area (Å²) in [5, 5.41) is 10.1. The highest BCUT2D eigenvalue weighted by Gasteiger charge is 2.19. The molecule has 1 N–H and O–H groups in total. The maximum Gasteiger partial charge on any atom is 0.417 e. The van der Waals surface area contributed by atoms with Crippen molar-refractivity contribution in [2.24, 2.45) is 0 Å². The first kappa shape index (κ1) is 15.9. The fourth-order valence-corrected chi connectivity index (χ4v) is 2.33. The third-order valence-corrected chi connectivity index (χ3v) is 3.53. The Morgan fingerprint density at radius 1 is 1.04 bits per heavy atom. The van der Waals surface area contributed by atoms with Crippen LogP contribution in [-0.2, 0) is 0 Å². The van der Waals surface area contributed by atoms with Gasteiger partial charge in [0.25, 0.3) is 0 Å². The van der Waals surface area contributed by atoms with Crippen LogP contribution in [0.5, 0.6) is 0 Å². The zero-order chi connectivity index (χ0) is 17.1. The van der Waals surface area contributed by atoms with Crippen molar-refractivity contribution in [3.8, 4) is 11.4 Å². The lowest BCUT2D eigenvalue weighted by molar-refractivity contribution is 0.204. The second kappa shape index (κ2) is 6.64. The van der Waals surface area contributed by atoms with Crippen LogP contribution in [-0.4, -0.2) is 26.2 Å². The van der Waals surface area contributed by atoms with Crippen molar-refractivity contribution in [1.82, 2.24) is 15.0 Å². The SMILES string of the molecule is Cc1cccc(-c2cncc(N(C(=O)O)c3ccc(Cl)cc3)n2)n1. The molecule has 0 aliphatic rings. The van der Waals surface area contributed by atoms with Gasteiger partial charge in [0, 0.05) is 10.7 Å². The van der Waals surface area contributed by atoms with Crippen molar-refractivity contribution < 1.29 is 9.90 Å². The summed E-state index contributed by atoms with van der Waals surface area (Å²) in [6.45, 7) is 1.87. The van der Waals surface area contributed by atoms with Crippen LogP contribution < -0.4 is 4.90 Å². The molecule has 0 fully saturated rings. The predicted molar refractivity (Wildman–Crippen MR) is 91.6 cm³/mol. The number of halogens is 1. The summed E-state index contributed by atoms with van der Waals surface area (Å²) >= 11 is 5.86. The monoisotopic (exact) mass is 340 g/mol. The normalized spacial score (nSPS) is 10.4. The van der Waals surface area contributed by atoms with Gasteiger partial charge in [0.1, 0.15) is 5.69 Å². The van der Waals surface area contributed by atoms with Gasteiger partial charge < -0.3 is 5.11 Å². The second-order valence-corrected chi connectivity index (χ2v) is 5.46. The molecule has 24 heavy (non-hydrogen) atoms. The van der Waals surface area contributed by atoms with E-state index in [0.29, 0.717) is 22.1 Å². The van der Waals surface area contributed by atoms with Gasteiger partial charge in [-0.2, -0.15) is 0 Å². The summed E-state index contributed by atoms with van der Waals surface area (Å²) < 4.78 is 0. The lowest BCUT2D eigenvalue weighted by atomic mass is 10.2. The molecule has 1 aromatic carbocycles. The Kier molecular flexibility index (Phi) is 4.39. The molecule has 0 bridgehead atoms. The molecule has 0 aliphatic carbocycles. The second-order valence-electron chi connectivity index (χ2n) is 5.02. The van der Waals surface area contributed by atoms with Gasteiger partial charge >= 0.3 is 6.09 Å². The van der Waals surface area contributed by atoms with Crippen molar-refractivity contribution >= 4 is 29.2 Å². The molecule has 0 saturated heterocycles. The fourth-order valence-electron chi connectivity index (χ4n) is 2.20. The number of aromatic nitrogens is 3. The molecule has 0 unspecified atom stereocenters. The third kappa shape index (κ3) is 3.33. The average molecular weight is 341 g/mol. The van der Waals surface area contributed by atoms with Gasteiger partial charge in [-0.1, -0.05) is 17.7 Å². The van der Waals surface area contributed by atoms with Gasteiger partial charge in [-0.15, -0.1) is 0 Å². The number of pyridine rings is 1. The minimum absolute atomic E-state index is 0.186. The first-order valence-corrected chi connectivity index (χ1v) is 7.47. The Balaban J connectivity index is 2.05. The zero-order valence-electron chi connectivity index (χ0n) is 12.7. The Hall–Kier alpha value is -2.99. The Bertz CT molecular complexity index is 884. The van der Waals surface area contributed by atoms with Crippen LogP contribution in [0.2, 0.25) is 5.02 Å². The first-order valence-electron chi connectivity index (χ1n) is 7.09. The molecule has 120 valence electrons. The number of rotatable bonds is 3. The number of hydrogen-bond donors (Lipinski definition) is 1. The van der Waals surface area contributed by atoms with Crippen LogP contribution in [0.4, 0.5) is 16.3 Å². The molecule has 0 radical (unpaired) electrons. The van der Waals surface area contributed by atoms with Crippen LogP contribution in [0.25, 0.3) is 11.4 Å². The van der Waals surface area contributed by atoms with E-state index < -0.39 is 6.09 Å². The minimum Gasteiger partial charge on any atom is -0.464 e. The number of anilines is 2. The van der Waals surface area contributed by atoms with Crippen LogP contribution in [0.1, 0.15) is 5.69 Å². The number of benzene rings is 1. The van der Waals surface area contributed by atoms with Gasteiger partial charge in [0.15, 0.2) is 5.82 Å². The standard InChI is InChI=1S/C17H13ClN4O2/c1-11-3-2-4-14(20-11)15-9-19-10-16(21-15)22(17(23)24)13-7-5-12(18)6-8-13/h2-10H,1H3,(H,23,24). The van der Waals surface area contributed by atoms with E-state index in [2.05, 4.69) is 15.0 Å². The number of nitrogens with zero attached hydrogens (tertiary/aromatic N) is 4. The summed E-state index contributed by atoms with van der Waals surface area (Å²) in [6.07, 6.45) is 1.77. The molecule has 0 spiro atoms. The summed E-state index contributed by atoms with van der Waals surface area (Å²) in [5.41, 5.74) is 2.39. The fraction of sp³-hybridized carbons (Fsp3) is 0.0588. The Morgan fingerprint density at radius 2 is 1.79 bits per heavy atom. The van der Waals surface area contributed by atoms with Crippen molar-refractivity contribution in [3.63, 3.8) is 0 Å². The molecule has 7 heteroatoms. The number of hydrogen-bond acceptors (Lipinski definition) is 4. The van der Waals surface area contributed by atoms with Crippen molar-refractivity contribution in [2.45, 2.75) is 6.92 Å². The molecule has 2 heterocycles. The molecule has 0 atom stereocenters. The maximum atomic E-state index is 11.7. The Morgan fingerprint density at radius 3 is 2.46 bits per heavy atom. The summed E-state index contributed by atoms with van der Waals surface area (Å²) in [4.78, 5) is 25.6. The van der Waals surface area contributed by atoms with Crippen LogP contribution in [0.3, 0.4) is 0 Å². The molecule has 1 amide bonds. The van der Waals surface area contributed by atoms with Gasteiger partial charge in [-0.05, 0) is 43.3 Å². The van der Waals surface area contributed by atoms with E-state index in [1.165, 1.54) is 6.20 Å². The lowest BCUT2D eigenvalue weighted by Crippen LogP contribution is -2.24. The lowest BCUT2D eigenvalue weighted by Gasteiger charge is -2.18. The minimum atomic E-state index is -1.17. The van der Waals surface area contributed by atoms with Gasteiger partial charge in [0.2, 0.25) is 0 Å². The maximum absolute atomic E-state index is 11.7. The zero-order valence-corrected chi connectivity index (χ0v) is 13.5. The first-order chi connectivity index (χ1) is 11.5. The quantitative estimate of drug-likeness (QED) is 0.768. The largest absolute Gasteiger partial charge is 0.464 e. The highest BCUT2D eigenvalue weighted by Crippen LogP contribution is 2.26. The highest BCUT2D eigenvalue weighted by molar-refractivity contribution is 6.30. The van der Waals surface area contributed by atoms with Crippen molar-refractivity contribution in [2.75, 3.05) is 4.90 Å². The Labute approximate surface area is 143 Å². The van der Waals surface area contributed by atoms with E-state index in [-0.39, 0.29) is 5.82 Å². The molecular weight excluding hydrogens is 328 g/mol. The molecule has 3 aromatic rings.